The first-order valence-electron chi connectivity index (χ1n) is 6.91. The number of carbonyl (C=O) groups excluding carboxylic acids is 2. The van der Waals surface area contributed by atoms with Crippen LogP contribution in [0.4, 0.5) is 0 Å². The van der Waals surface area contributed by atoms with E-state index in [-0.39, 0.29) is 18.4 Å². The summed E-state index contributed by atoms with van der Waals surface area (Å²) >= 11 is 0. The maximum Gasteiger partial charge on any atom is 0.252 e. The van der Waals surface area contributed by atoms with Gasteiger partial charge in [0.05, 0.1) is 20.8 Å². The minimum Gasteiger partial charge on any atom is -0.493 e. The Bertz CT molecular complexity index is 520. The third-order valence-corrected chi connectivity index (χ3v) is 3.02. The Morgan fingerprint density at radius 2 is 1.82 bits per heavy atom. The fourth-order valence-electron chi connectivity index (χ4n) is 1.88. The molecule has 7 nitrogen and oxygen atoms in total. The van der Waals surface area contributed by atoms with Crippen LogP contribution in [0.5, 0.6) is 11.5 Å². The zero-order chi connectivity index (χ0) is 16.5. The third-order valence-electron chi connectivity index (χ3n) is 3.02. The summed E-state index contributed by atoms with van der Waals surface area (Å²) in [6.07, 6.45) is 0.768. The second-order valence-corrected chi connectivity index (χ2v) is 4.91. The van der Waals surface area contributed by atoms with Crippen molar-refractivity contribution in [3.8, 4) is 11.5 Å². The molecule has 1 aromatic carbocycles. The van der Waals surface area contributed by atoms with Crippen LogP contribution in [-0.2, 0) is 16.0 Å². The summed E-state index contributed by atoms with van der Waals surface area (Å²) < 4.78 is 10.5. The number of nitrogens with one attached hydrogen (secondary N) is 2. The van der Waals surface area contributed by atoms with Crippen molar-refractivity contribution in [3.63, 3.8) is 0 Å². The van der Waals surface area contributed by atoms with Gasteiger partial charge in [-0.1, -0.05) is 6.07 Å². The van der Waals surface area contributed by atoms with Crippen molar-refractivity contribution in [2.75, 3.05) is 34.4 Å². The number of ether oxygens (including phenoxy) is 2. The number of methoxy groups -OCH3 is 2. The van der Waals surface area contributed by atoms with Crippen LogP contribution in [0.15, 0.2) is 18.2 Å². The van der Waals surface area contributed by atoms with E-state index >= 15 is 0 Å². The van der Waals surface area contributed by atoms with Crippen molar-refractivity contribution in [1.29, 1.82) is 0 Å². The van der Waals surface area contributed by atoms with E-state index in [1.165, 1.54) is 6.92 Å². The highest BCUT2D eigenvalue weighted by Gasteiger charge is 2.08. The minimum atomic E-state index is -0.304. The fourth-order valence-corrected chi connectivity index (χ4v) is 1.88. The molecular weight excluding hydrogens is 286 g/mol. The summed E-state index contributed by atoms with van der Waals surface area (Å²) in [4.78, 5) is 24.1. The largest absolute Gasteiger partial charge is 0.493 e. The summed E-state index contributed by atoms with van der Waals surface area (Å²) in [5, 5.41) is 0. The van der Waals surface area contributed by atoms with E-state index in [2.05, 4.69) is 10.9 Å². The summed E-state index contributed by atoms with van der Waals surface area (Å²) in [6.45, 7) is 2.23. The highest BCUT2D eigenvalue weighted by molar-refractivity contribution is 5.81. The normalized spacial score (nSPS) is 10.2. The zero-order valence-corrected chi connectivity index (χ0v) is 13.4. The number of hydrogen-bond acceptors (Lipinski definition) is 5. The topological polar surface area (TPSA) is 79.9 Å². The van der Waals surface area contributed by atoms with Gasteiger partial charge in [0.15, 0.2) is 11.5 Å². The molecule has 7 heteroatoms. The molecule has 22 heavy (non-hydrogen) atoms. The Kier molecular flexibility index (Phi) is 7.18. The molecule has 0 aliphatic rings. The standard InChI is InChI=1S/C15H23N3O4/c1-11(19)16-17-15(20)10-18(2)8-7-12-5-6-13(21-3)14(9-12)22-4/h5-6,9H,7-8,10H2,1-4H3,(H,16,19)(H,17,20). The molecule has 0 aromatic heterocycles. The van der Waals surface area contributed by atoms with Gasteiger partial charge in [0, 0.05) is 13.5 Å². The van der Waals surface area contributed by atoms with Gasteiger partial charge in [-0.2, -0.15) is 0 Å². The Balaban J connectivity index is 2.45. The molecule has 0 saturated heterocycles. The summed E-state index contributed by atoms with van der Waals surface area (Å²) in [5.41, 5.74) is 5.67. The van der Waals surface area contributed by atoms with Gasteiger partial charge in [0.2, 0.25) is 5.91 Å². The van der Waals surface area contributed by atoms with Crippen LogP contribution in [0.25, 0.3) is 0 Å². The Morgan fingerprint density at radius 1 is 1.14 bits per heavy atom. The second kappa shape index (κ2) is 8.89. The van der Waals surface area contributed by atoms with Gasteiger partial charge in [-0.3, -0.25) is 25.3 Å². The molecule has 2 amide bonds. The molecule has 122 valence electrons. The third kappa shape index (κ3) is 6.01. The molecule has 0 saturated carbocycles. The Morgan fingerprint density at radius 3 is 2.41 bits per heavy atom. The zero-order valence-electron chi connectivity index (χ0n) is 13.4. The number of hydrogen-bond donors (Lipinski definition) is 2. The predicted molar refractivity (Wildman–Crippen MR) is 82.7 cm³/mol. The molecular formula is C15H23N3O4. The van der Waals surface area contributed by atoms with Crippen LogP contribution < -0.4 is 20.3 Å². The van der Waals surface area contributed by atoms with E-state index < -0.39 is 0 Å². The van der Waals surface area contributed by atoms with Crippen LogP contribution in [0, 0.1) is 0 Å². The number of rotatable bonds is 7. The lowest BCUT2D eigenvalue weighted by molar-refractivity contribution is -0.128. The molecule has 0 heterocycles. The van der Waals surface area contributed by atoms with E-state index in [4.69, 9.17) is 9.47 Å². The molecule has 0 unspecified atom stereocenters. The maximum atomic E-state index is 11.5. The van der Waals surface area contributed by atoms with Gasteiger partial charge in [0.25, 0.3) is 5.91 Å². The molecule has 0 bridgehead atoms. The van der Waals surface area contributed by atoms with Crippen molar-refractivity contribution in [1.82, 2.24) is 15.8 Å². The van der Waals surface area contributed by atoms with Gasteiger partial charge in [-0.15, -0.1) is 0 Å². The number of amides is 2. The molecule has 0 aliphatic heterocycles. The highest BCUT2D eigenvalue weighted by Crippen LogP contribution is 2.27. The second-order valence-electron chi connectivity index (χ2n) is 4.91. The Labute approximate surface area is 130 Å². The highest BCUT2D eigenvalue weighted by atomic mass is 16.5. The number of carbonyl (C=O) groups is 2. The minimum absolute atomic E-state index is 0.202. The van der Waals surface area contributed by atoms with Gasteiger partial charge in [0.1, 0.15) is 0 Å². The molecule has 2 N–H and O–H groups in total. The van der Waals surface area contributed by atoms with E-state index in [0.717, 1.165) is 12.0 Å². The number of hydrazine groups is 1. The van der Waals surface area contributed by atoms with E-state index in [9.17, 15) is 9.59 Å². The van der Waals surface area contributed by atoms with Gasteiger partial charge in [-0.05, 0) is 31.2 Å². The van der Waals surface area contributed by atoms with Crippen LogP contribution in [0.1, 0.15) is 12.5 Å². The molecule has 0 spiro atoms. The maximum absolute atomic E-state index is 11.5. The van der Waals surface area contributed by atoms with E-state index in [1.54, 1.807) is 14.2 Å². The summed E-state index contributed by atoms with van der Waals surface area (Å²) in [6, 6.07) is 5.74. The predicted octanol–water partition coefficient (Wildman–Crippen LogP) is 0.345. The van der Waals surface area contributed by atoms with Crippen molar-refractivity contribution < 1.29 is 19.1 Å². The van der Waals surface area contributed by atoms with Crippen molar-refractivity contribution in [2.45, 2.75) is 13.3 Å². The summed E-state index contributed by atoms with van der Waals surface area (Å²) in [5.74, 6) is 0.812. The quantitative estimate of drug-likeness (QED) is 0.710. The molecule has 0 aliphatic carbocycles. The first-order valence-corrected chi connectivity index (χ1v) is 6.91. The molecule has 0 atom stereocenters. The molecule has 1 rings (SSSR count). The van der Waals surface area contributed by atoms with Crippen molar-refractivity contribution in [2.24, 2.45) is 0 Å². The van der Waals surface area contributed by atoms with Crippen LogP contribution in [0.2, 0.25) is 0 Å². The molecule has 0 fully saturated rings. The average molecular weight is 309 g/mol. The lowest BCUT2D eigenvalue weighted by atomic mass is 10.1. The van der Waals surface area contributed by atoms with Crippen molar-refractivity contribution in [3.05, 3.63) is 23.8 Å². The number of nitrogens with zero attached hydrogens (tertiary/aromatic N) is 1. The van der Waals surface area contributed by atoms with E-state index in [0.29, 0.717) is 18.0 Å². The van der Waals surface area contributed by atoms with Crippen LogP contribution >= 0.6 is 0 Å². The average Bonchev–Trinajstić information content (AvgIpc) is 2.50. The SMILES string of the molecule is COc1ccc(CCN(C)CC(=O)NNC(C)=O)cc1OC. The van der Waals surface area contributed by atoms with Crippen LogP contribution in [0.3, 0.4) is 0 Å². The lowest BCUT2D eigenvalue weighted by Gasteiger charge is -2.16. The first-order chi connectivity index (χ1) is 10.5. The van der Waals surface area contributed by atoms with Crippen molar-refractivity contribution >= 4 is 11.8 Å². The van der Waals surface area contributed by atoms with Gasteiger partial charge in [-0.25, -0.2) is 0 Å². The van der Waals surface area contributed by atoms with Gasteiger partial charge >= 0.3 is 0 Å². The summed E-state index contributed by atoms with van der Waals surface area (Å²) in [7, 11) is 5.03. The first kappa shape index (κ1) is 17.8. The fraction of sp³-hybridized carbons (Fsp3) is 0.467. The van der Waals surface area contributed by atoms with E-state index in [1.807, 2.05) is 30.1 Å². The van der Waals surface area contributed by atoms with Gasteiger partial charge < -0.3 is 9.47 Å². The number of likely N-dealkylation sites (N-methyl/N-ethyl adjacent to an activating group) is 1. The monoisotopic (exact) mass is 309 g/mol. The number of benzene rings is 1. The molecule has 1 aromatic rings. The Hall–Kier alpha value is -2.28. The smallest absolute Gasteiger partial charge is 0.252 e. The van der Waals surface area contributed by atoms with Crippen LogP contribution in [-0.4, -0.2) is 51.1 Å². The lowest BCUT2D eigenvalue weighted by Crippen LogP contribution is -2.45. The molecule has 0 radical (unpaired) electrons.